The Morgan fingerprint density at radius 2 is 1.73 bits per heavy atom. The maximum atomic E-state index is 11.0. The van der Waals surface area contributed by atoms with Crippen LogP contribution in [-0.4, -0.2) is 23.9 Å². The molecule has 0 atom stereocenters. The molecule has 3 aromatic rings. The third kappa shape index (κ3) is 5.93. The molecule has 0 saturated carbocycles. The van der Waals surface area contributed by atoms with Gasteiger partial charge < -0.3 is 14.6 Å². The highest BCUT2D eigenvalue weighted by Gasteiger charge is 2.10. The summed E-state index contributed by atoms with van der Waals surface area (Å²) < 4.78 is 13.1. The molecule has 0 bridgehead atoms. The molecule has 0 saturated heterocycles. The fraction of sp³-hybridized carbons (Fsp3) is 0.130. The van der Waals surface area contributed by atoms with Gasteiger partial charge in [-0.15, -0.1) is 0 Å². The van der Waals surface area contributed by atoms with Crippen LogP contribution in [0.4, 0.5) is 5.69 Å². The summed E-state index contributed by atoms with van der Waals surface area (Å²) >= 11 is 7.04. The van der Waals surface area contributed by atoms with Gasteiger partial charge in [-0.05, 0) is 76.9 Å². The molecule has 3 rings (SSSR count). The Balaban J connectivity index is 1.78. The number of hydrogen-bond donors (Lipinski definition) is 1. The lowest BCUT2D eigenvalue weighted by molar-refractivity contribution is 0.0697. The van der Waals surface area contributed by atoms with Gasteiger partial charge in [0.05, 0.1) is 22.3 Å². The van der Waals surface area contributed by atoms with Gasteiger partial charge in [0.15, 0.2) is 0 Å². The number of nitrogens with zero attached hydrogens (tertiary/aromatic N) is 1. The topological polar surface area (TPSA) is 68.1 Å². The van der Waals surface area contributed by atoms with Crippen LogP contribution in [0.15, 0.2) is 74.6 Å². The second-order valence-corrected chi connectivity index (χ2v) is 8.05. The molecule has 0 fully saturated rings. The standard InChI is InChI=1S/C23H19Br2NO4/c1-2-29-20-9-7-19(8-10-20)26-13-17-11-18(24)12-21(25)22(17)30-14-15-3-5-16(6-4-15)23(27)28/h3-13H,2,14H2,1H3,(H,27,28). The van der Waals surface area contributed by atoms with Gasteiger partial charge in [-0.25, -0.2) is 4.79 Å². The second-order valence-electron chi connectivity index (χ2n) is 6.28. The van der Waals surface area contributed by atoms with Crippen molar-refractivity contribution in [2.24, 2.45) is 4.99 Å². The SMILES string of the molecule is CCOc1ccc(N=Cc2cc(Br)cc(Br)c2OCc2ccc(C(=O)O)cc2)cc1. The minimum Gasteiger partial charge on any atom is -0.494 e. The van der Waals surface area contributed by atoms with E-state index in [2.05, 4.69) is 36.9 Å². The number of carbonyl (C=O) groups is 1. The maximum absolute atomic E-state index is 11.0. The first kappa shape index (κ1) is 22.1. The number of halogens is 2. The van der Waals surface area contributed by atoms with Crippen LogP contribution < -0.4 is 9.47 Å². The molecule has 5 nitrogen and oxygen atoms in total. The number of ether oxygens (including phenoxy) is 2. The minimum absolute atomic E-state index is 0.242. The van der Waals surface area contributed by atoms with Gasteiger partial charge >= 0.3 is 5.97 Å². The summed E-state index contributed by atoms with van der Waals surface area (Å²) in [6.45, 7) is 2.86. The van der Waals surface area contributed by atoms with Gasteiger partial charge in [0.1, 0.15) is 18.1 Å². The van der Waals surface area contributed by atoms with Crippen molar-refractivity contribution in [1.82, 2.24) is 0 Å². The second kappa shape index (κ2) is 10.4. The Hall–Kier alpha value is -2.64. The monoisotopic (exact) mass is 531 g/mol. The zero-order chi connectivity index (χ0) is 21.5. The fourth-order valence-corrected chi connectivity index (χ4v) is 4.04. The van der Waals surface area contributed by atoms with E-state index in [9.17, 15) is 4.79 Å². The van der Waals surface area contributed by atoms with Crippen LogP contribution in [0.2, 0.25) is 0 Å². The van der Waals surface area contributed by atoms with Crippen LogP contribution in [0.25, 0.3) is 0 Å². The third-order valence-electron chi connectivity index (χ3n) is 4.12. The molecule has 0 aliphatic rings. The molecule has 0 spiro atoms. The van der Waals surface area contributed by atoms with Gasteiger partial charge in [-0.3, -0.25) is 4.99 Å². The van der Waals surface area contributed by atoms with E-state index in [0.29, 0.717) is 19.0 Å². The van der Waals surface area contributed by atoms with Crippen LogP contribution in [0.5, 0.6) is 11.5 Å². The van der Waals surface area contributed by atoms with Gasteiger partial charge in [0.25, 0.3) is 0 Å². The van der Waals surface area contributed by atoms with Gasteiger partial charge in [0.2, 0.25) is 0 Å². The van der Waals surface area contributed by atoms with Crippen molar-refractivity contribution in [3.8, 4) is 11.5 Å². The highest BCUT2D eigenvalue weighted by molar-refractivity contribution is 9.11. The first-order valence-corrected chi connectivity index (χ1v) is 10.8. The van der Waals surface area contributed by atoms with Gasteiger partial charge in [-0.1, -0.05) is 28.1 Å². The molecule has 30 heavy (non-hydrogen) atoms. The predicted molar refractivity (Wildman–Crippen MR) is 124 cm³/mol. The number of rotatable bonds is 8. The quantitative estimate of drug-likeness (QED) is 0.330. The largest absolute Gasteiger partial charge is 0.494 e. The summed E-state index contributed by atoms with van der Waals surface area (Å²) in [4.78, 5) is 15.5. The first-order chi connectivity index (χ1) is 14.5. The van der Waals surface area contributed by atoms with Crippen molar-refractivity contribution in [3.63, 3.8) is 0 Å². The van der Waals surface area contributed by atoms with E-state index in [4.69, 9.17) is 14.6 Å². The number of aliphatic imine (C=N–C) groups is 1. The molecule has 154 valence electrons. The van der Waals surface area contributed by atoms with Gasteiger partial charge in [0, 0.05) is 16.3 Å². The van der Waals surface area contributed by atoms with E-state index in [1.165, 1.54) is 0 Å². The first-order valence-electron chi connectivity index (χ1n) is 9.17. The van der Waals surface area contributed by atoms with Crippen molar-refractivity contribution in [3.05, 3.63) is 86.3 Å². The summed E-state index contributed by atoms with van der Waals surface area (Å²) in [6.07, 6.45) is 1.74. The van der Waals surface area contributed by atoms with E-state index in [0.717, 1.165) is 31.5 Å². The molecular weight excluding hydrogens is 514 g/mol. The summed E-state index contributed by atoms with van der Waals surface area (Å²) in [6, 6.07) is 18.0. The molecule has 1 N–H and O–H groups in total. The Kier molecular flexibility index (Phi) is 7.65. The summed E-state index contributed by atoms with van der Waals surface area (Å²) in [5.41, 5.74) is 2.70. The Morgan fingerprint density at radius 1 is 1.03 bits per heavy atom. The molecule has 0 radical (unpaired) electrons. The van der Waals surface area contributed by atoms with Gasteiger partial charge in [-0.2, -0.15) is 0 Å². The molecule has 0 aliphatic carbocycles. The van der Waals surface area contributed by atoms with Crippen LogP contribution >= 0.6 is 31.9 Å². The summed E-state index contributed by atoms with van der Waals surface area (Å²) in [5, 5.41) is 9.01. The summed E-state index contributed by atoms with van der Waals surface area (Å²) in [7, 11) is 0. The van der Waals surface area contributed by atoms with E-state index >= 15 is 0 Å². The van der Waals surface area contributed by atoms with E-state index in [-0.39, 0.29) is 5.56 Å². The molecule has 7 heteroatoms. The molecule has 0 aliphatic heterocycles. The Morgan fingerprint density at radius 3 is 2.37 bits per heavy atom. The number of carboxylic acids is 1. The molecule has 0 unspecified atom stereocenters. The van der Waals surface area contributed by atoms with Crippen molar-refractivity contribution in [2.45, 2.75) is 13.5 Å². The highest BCUT2D eigenvalue weighted by atomic mass is 79.9. The summed E-state index contributed by atoms with van der Waals surface area (Å²) in [5.74, 6) is 0.501. The van der Waals surface area contributed by atoms with Crippen molar-refractivity contribution in [2.75, 3.05) is 6.61 Å². The number of carboxylic acid groups (broad SMARTS) is 1. The lowest BCUT2D eigenvalue weighted by atomic mass is 10.1. The number of benzene rings is 3. The van der Waals surface area contributed by atoms with E-state index < -0.39 is 5.97 Å². The molecule has 0 heterocycles. The average Bonchev–Trinajstić information content (AvgIpc) is 2.73. The number of aromatic carboxylic acids is 1. The zero-order valence-corrected chi connectivity index (χ0v) is 19.3. The van der Waals surface area contributed by atoms with Crippen LogP contribution in [0, 0.1) is 0 Å². The lowest BCUT2D eigenvalue weighted by Crippen LogP contribution is -2.01. The molecule has 3 aromatic carbocycles. The smallest absolute Gasteiger partial charge is 0.335 e. The number of hydrogen-bond acceptors (Lipinski definition) is 4. The van der Waals surface area contributed by atoms with Crippen LogP contribution in [-0.2, 0) is 6.61 Å². The van der Waals surface area contributed by atoms with Crippen molar-refractivity contribution >= 4 is 49.7 Å². The maximum Gasteiger partial charge on any atom is 0.335 e. The lowest BCUT2D eigenvalue weighted by Gasteiger charge is -2.12. The van der Waals surface area contributed by atoms with Crippen molar-refractivity contribution in [1.29, 1.82) is 0 Å². The molecular formula is C23H19Br2NO4. The predicted octanol–water partition coefficient (Wildman–Crippen LogP) is 6.64. The third-order valence-corrected chi connectivity index (χ3v) is 5.17. The molecule has 0 amide bonds. The Bertz CT molecular complexity index is 1050. The average molecular weight is 533 g/mol. The normalized spacial score (nSPS) is 10.9. The minimum atomic E-state index is -0.953. The van der Waals surface area contributed by atoms with E-state index in [1.54, 1.807) is 30.5 Å². The van der Waals surface area contributed by atoms with Crippen LogP contribution in [0.3, 0.4) is 0 Å². The Labute approximate surface area is 191 Å². The van der Waals surface area contributed by atoms with Crippen LogP contribution in [0.1, 0.15) is 28.4 Å². The fourth-order valence-electron chi connectivity index (χ4n) is 2.67. The highest BCUT2D eigenvalue weighted by Crippen LogP contribution is 2.33. The van der Waals surface area contributed by atoms with Crippen molar-refractivity contribution < 1.29 is 19.4 Å². The zero-order valence-electron chi connectivity index (χ0n) is 16.1. The molecule has 0 aromatic heterocycles. The van der Waals surface area contributed by atoms with E-state index in [1.807, 2.05) is 43.3 Å².